The maximum absolute atomic E-state index is 10.7. The van der Waals surface area contributed by atoms with E-state index in [1.165, 1.54) is 0 Å². The van der Waals surface area contributed by atoms with Gasteiger partial charge in [-0.05, 0) is 6.42 Å². The number of hydrogen-bond acceptors (Lipinski definition) is 3. The van der Waals surface area contributed by atoms with Crippen LogP contribution in [-0.2, 0) is 14.8 Å². The molecule has 0 aliphatic carbocycles. The van der Waals surface area contributed by atoms with Crippen molar-refractivity contribution in [2.45, 2.75) is 12.8 Å². The molecule has 0 aromatic heterocycles. The normalized spacial score (nSPS) is 11.4. The van der Waals surface area contributed by atoms with E-state index < -0.39 is 21.2 Å². The van der Waals surface area contributed by atoms with Crippen LogP contribution in [-0.4, -0.2) is 31.3 Å². The maximum atomic E-state index is 10.7. The van der Waals surface area contributed by atoms with Gasteiger partial charge < -0.3 is 5.11 Å². The molecule has 0 atom stereocenters. The molecule has 7 heteroatoms. The Labute approximate surface area is 75.8 Å². The molecule has 0 radical (unpaired) electrons. The predicted octanol–water partition coefficient (Wildman–Crippen LogP) is -0.0331. The number of alkyl halides is 1. The number of sulfonamides is 1. The Morgan fingerprint density at radius 2 is 2.08 bits per heavy atom. The van der Waals surface area contributed by atoms with Crippen LogP contribution in [0.4, 0.5) is 0 Å². The van der Waals surface area contributed by atoms with E-state index in [-0.39, 0.29) is 19.4 Å². The molecule has 0 aliphatic heterocycles. The fourth-order valence-corrected chi connectivity index (χ4v) is 1.27. The van der Waals surface area contributed by atoms with E-state index in [0.29, 0.717) is 0 Å². The monoisotopic (exact) mass is 215 g/mol. The van der Waals surface area contributed by atoms with Crippen LogP contribution >= 0.6 is 11.6 Å². The summed E-state index contributed by atoms with van der Waals surface area (Å²) >= 11 is 5.07. The van der Waals surface area contributed by atoms with Crippen LogP contribution < -0.4 is 4.72 Å². The van der Waals surface area contributed by atoms with Gasteiger partial charge in [-0.25, -0.2) is 13.1 Å². The molecule has 0 saturated heterocycles. The van der Waals surface area contributed by atoms with Crippen LogP contribution in [0, 0.1) is 0 Å². The van der Waals surface area contributed by atoms with Crippen LogP contribution in [0.1, 0.15) is 12.8 Å². The largest absolute Gasteiger partial charge is 0.481 e. The molecule has 0 heterocycles. The Kier molecular flexibility index (Phi) is 5.19. The quantitative estimate of drug-likeness (QED) is 0.481. The van der Waals surface area contributed by atoms with Gasteiger partial charge in [0.05, 0.1) is 0 Å². The summed E-state index contributed by atoms with van der Waals surface area (Å²) in [5.74, 6) is -0.944. The molecule has 0 bridgehead atoms. The fraction of sp³-hybridized carbons (Fsp3) is 0.800. The minimum atomic E-state index is -3.39. The van der Waals surface area contributed by atoms with E-state index in [9.17, 15) is 13.2 Å². The molecule has 0 spiro atoms. The average Bonchev–Trinajstić information content (AvgIpc) is 1.98. The highest BCUT2D eigenvalue weighted by molar-refractivity contribution is 7.90. The number of aliphatic carboxylic acids is 1. The molecule has 0 amide bonds. The van der Waals surface area contributed by atoms with Crippen molar-refractivity contribution in [3.8, 4) is 0 Å². The SMILES string of the molecule is O=C(O)CCCNS(=O)(=O)CCl. The smallest absolute Gasteiger partial charge is 0.303 e. The van der Waals surface area contributed by atoms with Crippen LogP contribution in [0.3, 0.4) is 0 Å². The maximum Gasteiger partial charge on any atom is 0.303 e. The Morgan fingerprint density at radius 1 is 1.50 bits per heavy atom. The van der Waals surface area contributed by atoms with E-state index >= 15 is 0 Å². The van der Waals surface area contributed by atoms with Gasteiger partial charge in [0.2, 0.25) is 10.0 Å². The van der Waals surface area contributed by atoms with Crippen molar-refractivity contribution >= 4 is 27.6 Å². The van der Waals surface area contributed by atoms with Crippen LogP contribution in [0.2, 0.25) is 0 Å². The van der Waals surface area contributed by atoms with Gasteiger partial charge in [-0.15, -0.1) is 11.6 Å². The third-order valence-corrected chi connectivity index (χ3v) is 2.83. The standard InChI is InChI=1S/C5H10ClNO4S/c6-4-12(10,11)7-3-1-2-5(8)9/h7H,1-4H2,(H,8,9). The molecule has 5 nitrogen and oxygen atoms in total. The first-order chi connectivity index (χ1) is 5.48. The lowest BCUT2D eigenvalue weighted by Gasteiger charge is -2.00. The van der Waals surface area contributed by atoms with Gasteiger partial charge in [-0.1, -0.05) is 0 Å². The van der Waals surface area contributed by atoms with E-state index in [4.69, 9.17) is 16.7 Å². The minimum Gasteiger partial charge on any atom is -0.481 e. The molecule has 72 valence electrons. The Bertz CT molecular complexity index is 238. The van der Waals surface area contributed by atoms with Crippen molar-refractivity contribution in [2.24, 2.45) is 0 Å². The Balaban J connectivity index is 3.51. The van der Waals surface area contributed by atoms with E-state index in [2.05, 4.69) is 4.72 Å². The van der Waals surface area contributed by atoms with Gasteiger partial charge in [0.15, 0.2) is 0 Å². The predicted molar refractivity (Wildman–Crippen MR) is 44.5 cm³/mol. The number of rotatable bonds is 6. The van der Waals surface area contributed by atoms with Gasteiger partial charge in [0.1, 0.15) is 5.21 Å². The van der Waals surface area contributed by atoms with E-state index in [1.54, 1.807) is 0 Å². The molecular formula is C5H10ClNO4S. The van der Waals surface area contributed by atoms with Crippen molar-refractivity contribution in [3.63, 3.8) is 0 Å². The second-order valence-corrected chi connectivity index (χ2v) is 4.51. The van der Waals surface area contributed by atoms with Crippen molar-refractivity contribution in [1.82, 2.24) is 4.72 Å². The summed E-state index contributed by atoms with van der Waals surface area (Å²) in [5, 5.41) is 7.70. The molecule has 0 aromatic rings. The fourth-order valence-electron chi connectivity index (χ4n) is 0.506. The highest BCUT2D eigenvalue weighted by atomic mass is 35.5. The summed E-state index contributed by atoms with van der Waals surface area (Å²) in [5.41, 5.74) is 0. The summed E-state index contributed by atoms with van der Waals surface area (Å²) in [4.78, 5) is 9.99. The summed E-state index contributed by atoms with van der Waals surface area (Å²) in [7, 11) is -3.39. The van der Waals surface area contributed by atoms with Crippen molar-refractivity contribution in [2.75, 3.05) is 11.8 Å². The second kappa shape index (κ2) is 5.34. The Morgan fingerprint density at radius 3 is 2.50 bits per heavy atom. The zero-order valence-electron chi connectivity index (χ0n) is 6.29. The molecule has 0 saturated carbocycles. The molecule has 0 fully saturated rings. The number of carboxylic acids is 1. The topological polar surface area (TPSA) is 83.5 Å². The number of nitrogens with one attached hydrogen (secondary N) is 1. The zero-order chi connectivity index (χ0) is 9.61. The molecule has 0 aliphatic rings. The number of carbonyl (C=O) groups is 1. The lowest BCUT2D eigenvalue weighted by atomic mass is 10.3. The molecule has 12 heavy (non-hydrogen) atoms. The van der Waals surface area contributed by atoms with Crippen molar-refractivity contribution in [1.29, 1.82) is 0 Å². The first-order valence-corrected chi connectivity index (χ1v) is 5.42. The summed E-state index contributed by atoms with van der Waals surface area (Å²) < 4.78 is 23.4. The summed E-state index contributed by atoms with van der Waals surface area (Å²) in [6.45, 7) is 0.112. The highest BCUT2D eigenvalue weighted by Gasteiger charge is 2.06. The van der Waals surface area contributed by atoms with Crippen LogP contribution in [0.5, 0.6) is 0 Å². The molecular weight excluding hydrogens is 206 g/mol. The number of halogens is 1. The molecule has 2 N–H and O–H groups in total. The molecule has 0 rings (SSSR count). The Hall–Kier alpha value is -0.330. The van der Waals surface area contributed by atoms with Gasteiger partial charge in [-0.2, -0.15) is 0 Å². The third kappa shape index (κ3) is 6.38. The third-order valence-electron chi connectivity index (χ3n) is 1.03. The number of carboxylic acid groups (broad SMARTS) is 1. The summed E-state index contributed by atoms with van der Waals surface area (Å²) in [6.07, 6.45) is 0.219. The van der Waals surface area contributed by atoms with E-state index in [0.717, 1.165) is 0 Å². The van der Waals surface area contributed by atoms with Crippen molar-refractivity contribution < 1.29 is 18.3 Å². The minimum absolute atomic E-state index is 0.0508. The molecule has 0 aromatic carbocycles. The number of hydrogen-bond donors (Lipinski definition) is 2. The first-order valence-electron chi connectivity index (χ1n) is 3.23. The van der Waals surface area contributed by atoms with Gasteiger partial charge >= 0.3 is 5.97 Å². The van der Waals surface area contributed by atoms with Crippen molar-refractivity contribution in [3.05, 3.63) is 0 Å². The van der Waals surface area contributed by atoms with Crippen LogP contribution in [0.15, 0.2) is 0 Å². The lowest BCUT2D eigenvalue weighted by Crippen LogP contribution is -2.25. The highest BCUT2D eigenvalue weighted by Crippen LogP contribution is 1.91. The second-order valence-electron chi connectivity index (χ2n) is 2.12. The van der Waals surface area contributed by atoms with Crippen LogP contribution in [0.25, 0.3) is 0 Å². The molecule has 0 unspecified atom stereocenters. The van der Waals surface area contributed by atoms with Gasteiger partial charge in [-0.3, -0.25) is 4.79 Å². The lowest BCUT2D eigenvalue weighted by molar-refractivity contribution is -0.137. The van der Waals surface area contributed by atoms with E-state index in [1.807, 2.05) is 0 Å². The first kappa shape index (κ1) is 11.7. The zero-order valence-corrected chi connectivity index (χ0v) is 7.86. The van der Waals surface area contributed by atoms with Gasteiger partial charge in [0.25, 0.3) is 0 Å². The average molecular weight is 216 g/mol. The summed E-state index contributed by atoms with van der Waals surface area (Å²) in [6, 6.07) is 0. The van der Waals surface area contributed by atoms with Gasteiger partial charge in [0, 0.05) is 13.0 Å².